The van der Waals surface area contributed by atoms with E-state index in [0.29, 0.717) is 5.92 Å². The second kappa shape index (κ2) is 4.84. The van der Waals surface area contributed by atoms with Crippen molar-refractivity contribution in [3.05, 3.63) is 0 Å². The molecular weight excluding hydrogens is 172 g/mol. The molecule has 0 aromatic rings. The van der Waals surface area contributed by atoms with Crippen molar-refractivity contribution in [3.8, 4) is 0 Å². The van der Waals surface area contributed by atoms with Gasteiger partial charge in [0.25, 0.3) is 0 Å². The molecule has 1 fully saturated rings. The summed E-state index contributed by atoms with van der Waals surface area (Å²) in [7, 11) is 0. The number of carbonyl (C=O) groups excluding carboxylic acids is 1. The van der Waals surface area contributed by atoms with Crippen molar-refractivity contribution in [2.24, 2.45) is 5.92 Å². The summed E-state index contributed by atoms with van der Waals surface area (Å²) in [6.45, 7) is 5.13. The Kier molecular flexibility index (Phi) is 4.05. The Balaban J connectivity index is 2.30. The molecule has 0 aliphatic carbocycles. The van der Waals surface area contributed by atoms with Crippen molar-refractivity contribution in [2.75, 3.05) is 12.3 Å². The summed E-state index contributed by atoms with van der Waals surface area (Å²) in [6, 6.07) is -0.0203. The van der Waals surface area contributed by atoms with E-state index in [9.17, 15) is 4.79 Å². The Morgan fingerprint density at radius 1 is 1.67 bits per heavy atom. The summed E-state index contributed by atoms with van der Waals surface area (Å²) >= 11 is 1.82. The quantitative estimate of drug-likeness (QED) is 0.627. The van der Waals surface area contributed by atoms with Crippen LogP contribution in [-0.4, -0.2) is 30.1 Å². The van der Waals surface area contributed by atoms with Gasteiger partial charge in [-0.05, 0) is 5.92 Å². The van der Waals surface area contributed by atoms with Crippen LogP contribution < -0.4 is 10.6 Å². The molecule has 3 nitrogen and oxygen atoms in total. The van der Waals surface area contributed by atoms with Crippen molar-refractivity contribution >= 4 is 18.0 Å². The third-order valence-electron chi connectivity index (χ3n) is 1.92. The van der Waals surface area contributed by atoms with Gasteiger partial charge in [0.15, 0.2) is 0 Å². The van der Waals surface area contributed by atoms with E-state index in [1.807, 2.05) is 25.6 Å². The fourth-order valence-corrected chi connectivity index (χ4v) is 2.06. The van der Waals surface area contributed by atoms with Crippen molar-refractivity contribution < 1.29 is 4.79 Å². The van der Waals surface area contributed by atoms with E-state index in [1.54, 1.807) is 0 Å². The van der Waals surface area contributed by atoms with Crippen molar-refractivity contribution in [2.45, 2.75) is 25.4 Å². The lowest BCUT2D eigenvalue weighted by Crippen LogP contribution is -2.45. The minimum atomic E-state index is -0.0203. The summed E-state index contributed by atoms with van der Waals surface area (Å²) < 4.78 is 0. The molecule has 1 aliphatic rings. The molecule has 0 amide bonds. The van der Waals surface area contributed by atoms with E-state index in [0.717, 1.165) is 18.6 Å². The topological polar surface area (TPSA) is 41.1 Å². The second-order valence-electron chi connectivity index (χ2n) is 3.28. The maximum absolute atomic E-state index is 10.6. The van der Waals surface area contributed by atoms with Crippen LogP contribution in [0.2, 0.25) is 0 Å². The summed E-state index contributed by atoms with van der Waals surface area (Å²) in [6.07, 6.45) is 0.991. The molecule has 2 atom stereocenters. The first-order valence-corrected chi connectivity index (χ1v) is 5.35. The van der Waals surface area contributed by atoms with E-state index in [-0.39, 0.29) is 11.5 Å². The van der Waals surface area contributed by atoms with Gasteiger partial charge in [-0.2, -0.15) is 0 Å². The van der Waals surface area contributed by atoms with Crippen molar-refractivity contribution in [1.29, 1.82) is 0 Å². The Bertz CT molecular complexity index is 146. The summed E-state index contributed by atoms with van der Waals surface area (Å²) in [5.41, 5.74) is 0.266. The maximum Gasteiger partial charge on any atom is 0.137 e. The average molecular weight is 188 g/mol. The van der Waals surface area contributed by atoms with Gasteiger partial charge in [-0.25, -0.2) is 0 Å². The molecule has 1 aliphatic heterocycles. The van der Waals surface area contributed by atoms with Crippen molar-refractivity contribution in [3.63, 3.8) is 0 Å². The van der Waals surface area contributed by atoms with Crippen LogP contribution >= 0.6 is 11.8 Å². The highest BCUT2D eigenvalue weighted by Gasteiger charge is 2.20. The van der Waals surface area contributed by atoms with Gasteiger partial charge in [-0.1, -0.05) is 13.8 Å². The Morgan fingerprint density at radius 3 is 2.83 bits per heavy atom. The summed E-state index contributed by atoms with van der Waals surface area (Å²) in [5.74, 6) is 1.49. The Hall–Kier alpha value is -0.0600. The first-order chi connectivity index (χ1) is 5.74. The fourth-order valence-electron chi connectivity index (χ4n) is 1.10. The lowest BCUT2D eigenvalue weighted by atomic mass is 10.1. The van der Waals surface area contributed by atoms with Crippen LogP contribution in [0.15, 0.2) is 0 Å². The minimum Gasteiger partial charge on any atom is -0.302 e. The molecule has 0 radical (unpaired) electrons. The number of nitrogens with one attached hydrogen (secondary N) is 2. The number of hydrogen-bond donors (Lipinski definition) is 2. The van der Waals surface area contributed by atoms with Gasteiger partial charge < -0.3 is 4.79 Å². The monoisotopic (exact) mass is 188 g/mol. The molecule has 2 N–H and O–H groups in total. The molecular formula is C8H16N2OS. The van der Waals surface area contributed by atoms with Gasteiger partial charge in [0.05, 0.1) is 6.04 Å². The molecule has 0 aromatic carbocycles. The Labute approximate surface area is 77.7 Å². The smallest absolute Gasteiger partial charge is 0.137 e. The first kappa shape index (κ1) is 10.0. The van der Waals surface area contributed by atoms with Crippen LogP contribution in [-0.2, 0) is 4.79 Å². The molecule has 4 heteroatoms. The predicted molar refractivity (Wildman–Crippen MR) is 52.1 cm³/mol. The molecule has 1 rings (SSSR count). The standard InChI is InChI=1S/C8H16N2OS/c1-6(2)7(5-11)10-8-9-3-4-12-8/h5-10H,3-4H2,1-2H3/t7-,8?/m1/s1. The third kappa shape index (κ3) is 2.77. The SMILES string of the molecule is CC(C)[C@@H](C=O)NC1NCCS1. The summed E-state index contributed by atoms with van der Waals surface area (Å²) in [4.78, 5) is 10.6. The van der Waals surface area contributed by atoms with E-state index in [2.05, 4.69) is 10.6 Å². The predicted octanol–water partition coefficient (Wildman–Crippen LogP) is 0.420. The molecule has 12 heavy (non-hydrogen) atoms. The minimum absolute atomic E-state index is 0.0203. The van der Waals surface area contributed by atoms with Crippen LogP contribution in [0.3, 0.4) is 0 Å². The Morgan fingerprint density at radius 2 is 2.42 bits per heavy atom. The highest BCUT2D eigenvalue weighted by atomic mass is 32.2. The molecule has 0 aromatic heterocycles. The van der Waals surface area contributed by atoms with Crippen molar-refractivity contribution in [1.82, 2.24) is 10.6 Å². The van der Waals surface area contributed by atoms with Gasteiger partial charge in [0, 0.05) is 12.3 Å². The zero-order valence-electron chi connectivity index (χ0n) is 7.54. The zero-order chi connectivity index (χ0) is 8.97. The third-order valence-corrected chi connectivity index (χ3v) is 3.00. The van der Waals surface area contributed by atoms with Gasteiger partial charge in [-0.15, -0.1) is 11.8 Å². The highest BCUT2D eigenvalue weighted by Crippen LogP contribution is 2.12. The molecule has 0 saturated carbocycles. The normalized spacial score (nSPS) is 26.1. The fraction of sp³-hybridized carbons (Fsp3) is 0.875. The van der Waals surface area contributed by atoms with Crippen LogP contribution in [0.5, 0.6) is 0 Å². The summed E-state index contributed by atoms with van der Waals surface area (Å²) in [5, 5.41) is 6.52. The average Bonchev–Trinajstić information content (AvgIpc) is 2.51. The number of thioether (sulfide) groups is 1. The number of hydrogen-bond acceptors (Lipinski definition) is 4. The molecule has 70 valence electrons. The van der Waals surface area contributed by atoms with Gasteiger partial charge >= 0.3 is 0 Å². The van der Waals surface area contributed by atoms with Crippen LogP contribution in [0.1, 0.15) is 13.8 Å². The van der Waals surface area contributed by atoms with Gasteiger partial charge in [-0.3, -0.25) is 10.6 Å². The van der Waals surface area contributed by atoms with Gasteiger partial charge in [0.1, 0.15) is 11.8 Å². The zero-order valence-corrected chi connectivity index (χ0v) is 8.36. The van der Waals surface area contributed by atoms with Gasteiger partial charge in [0.2, 0.25) is 0 Å². The largest absolute Gasteiger partial charge is 0.302 e. The number of aldehydes is 1. The number of rotatable bonds is 4. The van der Waals surface area contributed by atoms with Crippen LogP contribution in [0, 0.1) is 5.92 Å². The lowest BCUT2D eigenvalue weighted by molar-refractivity contribution is -0.110. The first-order valence-electron chi connectivity index (χ1n) is 4.30. The maximum atomic E-state index is 10.6. The van der Waals surface area contributed by atoms with E-state index in [4.69, 9.17) is 0 Å². The molecule has 0 bridgehead atoms. The molecule has 1 unspecified atom stereocenters. The van der Waals surface area contributed by atoms with E-state index < -0.39 is 0 Å². The molecule has 0 spiro atoms. The molecule has 1 saturated heterocycles. The highest BCUT2D eigenvalue weighted by molar-refractivity contribution is 8.00. The number of carbonyl (C=O) groups is 1. The lowest BCUT2D eigenvalue weighted by Gasteiger charge is -2.20. The van der Waals surface area contributed by atoms with E-state index >= 15 is 0 Å². The molecule has 1 heterocycles. The van der Waals surface area contributed by atoms with E-state index in [1.165, 1.54) is 0 Å². The second-order valence-corrected chi connectivity index (χ2v) is 4.49. The van der Waals surface area contributed by atoms with Crippen LogP contribution in [0.4, 0.5) is 0 Å². The van der Waals surface area contributed by atoms with Crippen LogP contribution in [0.25, 0.3) is 0 Å².